The molecule has 2 N–H and O–H groups in total. The van der Waals surface area contributed by atoms with Crippen LogP contribution in [-0.4, -0.2) is 33.2 Å². The van der Waals surface area contributed by atoms with Crippen molar-refractivity contribution in [2.45, 2.75) is 50.6 Å². The van der Waals surface area contributed by atoms with E-state index < -0.39 is 23.0 Å². The second kappa shape index (κ2) is 9.46. The third kappa shape index (κ3) is 9.14. The van der Waals surface area contributed by atoms with E-state index in [-0.39, 0.29) is 56.7 Å². The number of nitrogens with zero attached hydrogens (tertiary/aromatic N) is 4. The SMILES string of the molecule is CC(C#N)(CCC(=O)O)N=NC(C)(C#N)CCC(=O)O.[H-].[Na+]. The van der Waals surface area contributed by atoms with Crippen LogP contribution in [0.3, 0.4) is 0 Å². The van der Waals surface area contributed by atoms with Crippen molar-refractivity contribution in [3.63, 3.8) is 0 Å². The Bertz CT molecular complexity index is 458. The number of azo groups is 1. The van der Waals surface area contributed by atoms with Crippen LogP contribution in [-0.2, 0) is 9.59 Å². The minimum Gasteiger partial charge on any atom is -1.00 e. The van der Waals surface area contributed by atoms with Gasteiger partial charge in [-0.3, -0.25) is 9.59 Å². The normalized spacial score (nSPS) is 15.8. The number of aliphatic carboxylic acids is 2. The minimum absolute atomic E-state index is 0. The van der Waals surface area contributed by atoms with E-state index in [4.69, 9.17) is 20.7 Å². The van der Waals surface area contributed by atoms with Gasteiger partial charge in [0.15, 0.2) is 11.1 Å². The van der Waals surface area contributed by atoms with Crippen LogP contribution in [0.2, 0.25) is 0 Å². The van der Waals surface area contributed by atoms with Gasteiger partial charge in [-0.25, -0.2) is 0 Å². The van der Waals surface area contributed by atoms with Crippen molar-refractivity contribution < 1.29 is 50.8 Å². The van der Waals surface area contributed by atoms with Crippen LogP contribution < -0.4 is 29.6 Å². The third-order valence-electron chi connectivity index (χ3n) is 2.62. The molecule has 2 unspecified atom stereocenters. The quantitative estimate of drug-likeness (QED) is 0.427. The van der Waals surface area contributed by atoms with Gasteiger partial charge in [0, 0.05) is 12.8 Å². The first-order valence-corrected chi connectivity index (χ1v) is 5.86. The molecule has 0 fully saturated rings. The molecule has 0 bridgehead atoms. The van der Waals surface area contributed by atoms with Gasteiger partial charge in [-0.15, -0.1) is 0 Å². The standard InChI is InChI=1S/C12H16N4O4.Na.H/c1-11(7-13,5-3-9(17)18)15-16-12(2,8-14)6-4-10(19)20;;/h3-6H2,1-2H3,(H,17,18)(H,19,20);;/q;+1;-1. The minimum atomic E-state index is -1.35. The molecule has 0 radical (unpaired) electrons. The molecular weight excluding hydrogens is 287 g/mol. The van der Waals surface area contributed by atoms with E-state index in [0.29, 0.717) is 0 Å². The zero-order valence-electron chi connectivity index (χ0n) is 13.3. The van der Waals surface area contributed by atoms with Crippen molar-refractivity contribution in [3.05, 3.63) is 0 Å². The number of carboxylic acid groups (broad SMARTS) is 2. The molecule has 0 aliphatic heterocycles. The van der Waals surface area contributed by atoms with Gasteiger partial charge in [0.1, 0.15) is 0 Å². The topological polar surface area (TPSA) is 147 Å². The van der Waals surface area contributed by atoms with Crippen molar-refractivity contribution in [3.8, 4) is 12.1 Å². The van der Waals surface area contributed by atoms with Gasteiger partial charge in [0.05, 0.1) is 12.1 Å². The molecule has 0 rings (SSSR count). The van der Waals surface area contributed by atoms with Crippen LogP contribution in [0.25, 0.3) is 0 Å². The maximum Gasteiger partial charge on any atom is 1.00 e. The molecule has 0 aliphatic carbocycles. The van der Waals surface area contributed by atoms with Gasteiger partial charge < -0.3 is 11.6 Å². The molecule has 0 aliphatic rings. The monoisotopic (exact) mass is 304 g/mol. The van der Waals surface area contributed by atoms with Crippen molar-refractivity contribution in [2.24, 2.45) is 10.2 Å². The Morgan fingerprint density at radius 2 is 1.29 bits per heavy atom. The van der Waals surface area contributed by atoms with E-state index in [2.05, 4.69) is 10.2 Å². The maximum absolute atomic E-state index is 10.5. The maximum atomic E-state index is 10.5. The molecule has 110 valence electrons. The average Bonchev–Trinajstić information content (AvgIpc) is 2.41. The summed E-state index contributed by atoms with van der Waals surface area (Å²) in [4.78, 5) is 21.0. The molecule has 0 aromatic carbocycles. The van der Waals surface area contributed by atoms with Crippen LogP contribution in [0.15, 0.2) is 10.2 Å². The Hall–Kier alpha value is -1.48. The second-order valence-electron chi connectivity index (χ2n) is 4.76. The Kier molecular flexibility index (Phi) is 9.82. The summed E-state index contributed by atoms with van der Waals surface area (Å²) < 4.78 is 0. The van der Waals surface area contributed by atoms with Crippen molar-refractivity contribution in [1.29, 1.82) is 10.5 Å². The molecule has 0 saturated carbocycles. The summed E-state index contributed by atoms with van der Waals surface area (Å²) in [6.07, 6.45) is -0.575. The molecular formula is C12H17N4NaO4. The van der Waals surface area contributed by atoms with Crippen LogP contribution >= 0.6 is 0 Å². The van der Waals surface area contributed by atoms with Gasteiger partial charge >= 0.3 is 41.5 Å². The summed E-state index contributed by atoms with van der Waals surface area (Å²) in [5, 5.41) is 42.7. The fourth-order valence-electron chi connectivity index (χ4n) is 1.18. The van der Waals surface area contributed by atoms with E-state index in [1.165, 1.54) is 13.8 Å². The molecule has 0 amide bonds. The van der Waals surface area contributed by atoms with Crippen molar-refractivity contribution in [2.75, 3.05) is 0 Å². The largest absolute Gasteiger partial charge is 1.00 e. The first-order valence-electron chi connectivity index (χ1n) is 5.86. The first kappa shape index (κ1) is 21.8. The molecule has 0 heterocycles. The third-order valence-corrected chi connectivity index (χ3v) is 2.62. The molecule has 21 heavy (non-hydrogen) atoms. The summed E-state index contributed by atoms with van der Waals surface area (Å²) in [7, 11) is 0. The summed E-state index contributed by atoms with van der Waals surface area (Å²) in [5.41, 5.74) is -2.69. The number of nitriles is 2. The van der Waals surface area contributed by atoms with Crippen LogP contribution in [0.4, 0.5) is 0 Å². The predicted octanol–water partition coefficient (Wildman–Crippen LogP) is -1.15. The number of rotatable bonds is 8. The average molecular weight is 304 g/mol. The zero-order valence-corrected chi connectivity index (χ0v) is 14.3. The Morgan fingerprint density at radius 1 is 1.00 bits per heavy atom. The van der Waals surface area contributed by atoms with Gasteiger partial charge in [-0.05, 0) is 26.7 Å². The van der Waals surface area contributed by atoms with E-state index in [9.17, 15) is 9.59 Å². The fraction of sp³-hybridized carbons (Fsp3) is 0.667. The molecule has 9 heteroatoms. The number of hydrogen-bond acceptors (Lipinski definition) is 6. The van der Waals surface area contributed by atoms with Gasteiger partial charge in [0.25, 0.3) is 0 Å². The molecule has 0 spiro atoms. The summed E-state index contributed by atoms with van der Waals surface area (Å²) in [6, 6.07) is 3.69. The molecule has 0 aromatic rings. The fourth-order valence-corrected chi connectivity index (χ4v) is 1.18. The van der Waals surface area contributed by atoms with Crippen LogP contribution in [0.5, 0.6) is 0 Å². The van der Waals surface area contributed by atoms with Gasteiger partial charge in [-0.1, -0.05) is 0 Å². The number of carbonyl (C=O) groups is 2. The van der Waals surface area contributed by atoms with E-state index in [1.807, 2.05) is 12.1 Å². The van der Waals surface area contributed by atoms with Crippen LogP contribution in [0, 0.1) is 22.7 Å². The first-order chi connectivity index (χ1) is 9.16. The molecule has 0 aromatic heterocycles. The van der Waals surface area contributed by atoms with Gasteiger partial charge in [0.2, 0.25) is 0 Å². The van der Waals surface area contributed by atoms with E-state index >= 15 is 0 Å². The number of hydrogen-bond donors (Lipinski definition) is 2. The van der Waals surface area contributed by atoms with E-state index in [1.54, 1.807) is 0 Å². The smallest absolute Gasteiger partial charge is 1.00 e. The van der Waals surface area contributed by atoms with E-state index in [0.717, 1.165) is 0 Å². The molecule has 8 nitrogen and oxygen atoms in total. The molecule has 0 saturated heterocycles. The summed E-state index contributed by atoms with van der Waals surface area (Å²) in [5.74, 6) is -2.12. The zero-order chi connectivity index (χ0) is 15.8. The Labute approximate surface area is 146 Å². The summed E-state index contributed by atoms with van der Waals surface area (Å²) >= 11 is 0. The van der Waals surface area contributed by atoms with Crippen LogP contribution in [0.1, 0.15) is 41.0 Å². The summed E-state index contributed by atoms with van der Waals surface area (Å²) in [6.45, 7) is 2.82. The molecule has 2 atom stereocenters. The van der Waals surface area contributed by atoms with Crippen molar-refractivity contribution in [1.82, 2.24) is 0 Å². The Morgan fingerprint density at radius 3 is 1.48 bits per heavy atom. The van der Waals surface area contributed by atoms with Crippen molar-refractivity contribution >= 4 is 11.9 Å². The number of carboxylic acids is 2. The predicted molar refractivity (Wildman–Crippen MR) is 67.7 cm³/mol. The second-order valence-corrected chi connectivity index (χ2v) is 4.76. The van der Waals surface area contributed by atoms with Gasteiger partial charge in [-0.2, -0.15) is 20.8 Å². The Balaban J connectivity index is -0.00000180.